The van der Waals surface area contributed by atoms with Crippen LogP contribution in [0.15, 0.2) is 0 Å². The summed E-state index contributed by atoms with van der Waals surface area (Å²) in [7, 11) is 0. The van der Waals surface area contributed by atoms with Gasteiger partial charge in [-0.05, 0) is 19.3 Å². The fraction of sp³-hybridized carbons (Fsp3) is 0.778. The van der Waals surface area contributed by atoms with E-state index in [9.17, 15) is 9.59 Å². The van der Waals surface area contributed by atoms with Gasteiger partial charge in [0.1, 0.15) is 0 Å². The fourth-order valence-electron chi connectivity index (χ4n) is 0.795. The van der Waals surface area contributed by atoms with Gasteiger partial charge in [0.05, 0.1) is 0 Å². The number of amides is 2. The van der Waals surface area contributed by atoms with Gasteiger partial charge in [-0.25, -0.2) is 0 Å². The summed E-state index contributed by atoms with van der Waals surface area (Å²) in [5, 5.41) is 4.98. The summed E-state index contributed by atoms with van der Waals surface area (Å²) in [5.74, 6) is -0.553. The van der Waals surface area contributed by atoms with Gasteiger partial charge in [0.25, 0.3) is 0 Å². The molecule has 0 aromatic rings. The smallest absolute Gasteiger partial charge is 0.309 e. The first-order valence-electron chi connectivity index (χ1n) is 4.64. The minimum Gasteiger partial charge on any atom is -0.348 e. The van der Waals surface area contributed by atoms with Crippen LogP contribution >= 0.6 is 0 Å². The molecule has 0 spiro atoms. The summed E-state index contributed by atoms with van der Waals surface area (Å²) in [5.41, 5.74) is 0. The molecular weight excluding hydrogens is 168 g/mol. The molecule has 0 rings (SSSR count). The third-order valence-corrected chi connectivity index (χ3v) is 1.55. The van der Waals surface area contributed by atoms with Crippen LogP contribution in [0.4, 0.5) is 0 Å². The number of rotatable bonds is 4. The molecule has 4 nitrogen and oxygen atoms in total. The van der Waals surface area contributed by atoms with Crippen molar-refractivity contribution in [1.82, 2.24) is 10.6 Å². The molecule has 2 N–H and O–H groups in total. The Bertz CT molecular complexity index is 178. The highest BCUT2D eigenvalue weighted by atomic mass is 16.2. The standard InChI is InChI=1S/C9H18N2O2/c1-4-10-8(12)9(13)11-6-5-7(2)3/h7H,4-6H2,1-3H3,(H,10,12)(H,11,13). The lowest BCUT2D eigenvalue weighted by Gasteiger charge is -2.06. The summed E-state index contributed by atoms with van der Waals surface area (Å²) in [6.45, 7) is 6.96. The molecular formula is C9H18N2O2. The van der Waals surface area contributed by atoms with Gasteiger partial charge < -0.3 is 10.6 Å². The first-order valence-corrected chi connectivity index (χ1v) is 4.64. The highest BCUT2D eigenvalue weighted by molar-refractivity contribution is 6.35. The normalized spacial score (nSPS) is 9.85. The van der Waals surface area contributed by atoms with Crippen LogP contribution in [0.25, 0.3) is 0 Å². The minimum absolute atomic E-state index is 0.483. The van der Waals surface area contributed by atoms with E-state index in [0.717, 1.165) is 6.42 Å². The lowest BCUT2D eigenvalue weighted by Crippen LogP contribution is -2.40. The maximum absolute atomic E-state index is 11.0. The number of carbonyl (C=O) groups is 2. The van der Waals surface area contributed by atoms with Crippen molar-refractivity contribution in [1.29, 1.82) is 0 Å². The lowest BCUT2D eigenvalue weighted by molar-refractivity contribution is -0.139. The van der Waals surface area contributed by atoms with Gasteiger partial charge in [-0.2, -0.15) is 0 Å². The van der Waals surface area contributed by atoms with Crippen LogP contribution in [-0.4, -0.2) is 24.9 Å². The molecule has 0 aromatic heterocycles. The zero-order valence-electron chi connectivity index (χ0n) is 8.52. The third-order valence-electron chi connectivity index (χ3n) is 1.55. The van der Waals surface area contributed by atoms with Crippen LogP contribution in [0.5, 0.6) is 0 Å². The summed E-state index contributed by atoms with van der Waals surface area (Å²) in [4.78, 5) is 21.9. The van der Waals surface area contributed by atoms with Crippen molar-refractivity contribution >= 4 is 11.8 Å². The molecule has 0 bridgehead atoms. The highest BCUT2D eigenvalue weighted by Gasteiger charge is 2.10. The maximum atomic E-state index is 11.0. The second-order valence-corrected chi connectivity index (χ2v) is 3.30. The summed E-state index contributed by atoms with van der Waals surface area (Å²) in [6, 6.07) is 0. The summed E-state index contributed by atoms with van der Waals surface area (Å²) < 4.78 is 0. The van der Waals surface area contributed by atoms with Gasteiger partial charge in [0, 0.05) is 13.1 Å². The van der Waals surface area contributed by atoms with Crippen molar-refractivity contribution in [2.45, 2.75) is 27.2 Å². The molecule has 0 unspecified atom stereocenters. The topological polar surface area (TPSA) is 58.2 Å². The average Bonchev–Trinajstić information content (AvgIpc) is 2.04. The average molecular weight is 186 g/mol. The van der Waals surface area contributed by atoms with Crippen LogP contribution < -0.4 is 10.6 Å². The monoisotopic (exact) mass is 186 g/mol. The molecule has 0 aromatic carbocycles. The van der Waals surface area contributed by atoms with Gasteiger partial charge in [-0.1, -0.05) is 13.8 Å². The zero-order valence-corrected chi connectivity index (χ0v) is 8.52. The second-order valence-electron chi connectivity index (χ2n) is 3.30. The molecule has 13 heavy (non-hydrogen) atoms. The Kier molecular flexibility index (Phi) is 5.93. The summed E-state index contributed by atoms with van der Waals surface area (Å²) in [6.07, 6.45) is 0.894. The molecule has 0 fully saturated rings. The molecule has 0 aliphatic rings. The van der Waals surface area contributed by atoms with E-state index >= 15 is 0 Å². The van der Waals surface area contributed by atoms with Gasteiger partial charge >= 0.3 is 11.8 Å². The van der Waals surface area contributed by atoms with E-state index in [4.69, 9.17) is 0 Å². The Labute approximate surface area is 79.1 Å². The number of nitrogens with one attached hydrogen (secondary N) is 2. The molecule has 0 saturated heterocycles. The van der Waals surface area contributed by atoms with Crippen molar-refractivity contribution in [2.24, 2.45) is 5.92 Å². The third kappa shape index (κ3) is 6.13. The first kappa shape index (κ1) is 11.9. The minimum atomic E-state index is -0.550. The molecule has 0 aliphatic carbocycles. The molecule has 0 heterocycles. The summed E-state index contributed by atoms with van der Waals surface area (Å²) >= 11 is 0. The fourth-order valence-corrected chi connectivity index (χ4v) is 0.795. The van der Waals surface area contributed by atoms with Crippen molar-refractivity contribution in [3.05, 3.63) is 0 Å². The molecule has 4 heteroatoms. The predicted octanol–water partition coefficient (Wildman–Crippen LogP) is 0.285. The Morgan fingerprint density at radius 3 is 2.15 bits per heavy atom. The zero-order chi connectivity index (χ0) is 10.3. The lowest BCUT2D eigenvalue weighted by atomic mass is 10.1. The van der Waals surface area contributed by atoms with Gasteiger partial charge in [-0.15, -0.1) is 0 Å². The predicted molar refractivity (Wildman–Crippen MR) is 51.1 cm³/mol. The number of carbonyl (C=O) groups excluding carboxylic acids is 2. The largest absolute Gasteiger partial charge is 0.348 e. The van der Waals surface area contributed by atoms with Crippen LogP contribution in [0, 0.1) is 5.92 Å². The van der Waals surface area contributed by atoms with E-state index in [0.29, 0.717) is 19.0 Å². The molecule has 0 saturated carbocycles. The Hall–Kier alpha value is -1.06. The molecule has 0 radical (unpaired) electrons. The van der Waals surface area contributed by atoms with E-state index in [-0.39, 0.29) is 0 Å². The van der Waals surface area contributed by atoms with E-state index in [1.807, 2.05) is 0 Å². The number of hydrogen-bond acceptors (Lipinski definition) is 2. The Morgan fingerprint density at radius 1 is 1.15 bits per heavy atom. The first-order chi connectivity index (χ1) is 6.07. The highest BCUT2D eigenvalue weighted by Crippen LogP contribution is 1.95. The SMILES string of the molecule is CCNC(=O)C(=O)NCCC(C)C. The maximum Gasteiger partial charge on any atom is 0.309 e. The van der Waals surface area contributed by atoms with E-state index in [2.05, 4.69) is 24.5 Å². The molecule has 0 atom stereocenters. The molecule has 0 aliphatic heterocycles. The molecule has 2 amide bonds. The second kappa shape index (κ2) is 6.46. The van der Waals surface area contributed by atoms with Gasteiger partial charge in [0.2, 0.25) is 0 Å². The van der Waals surface area contributed by atoms with Gasteiger partial charge in [-0.3, -0.25) is 9.59 Å². The van der Waals surface area contributed by atoms with Crippen molar-refractivity contribution in [3.8, 4) is 0 Å². The Morgan fingerprint density at radius 2 is 1.69 bits per heavy atom. The quantitative estimate of drug-likeness (QED) is 0.620. The van der Waals surface area contributed by atoms with Crippen LogP contribution in [0.1, 0.15) is 27.2 Å². The Balaban J connectivity index is 3.56. The van der Waals surface area contributed by atoms with Crippen LogP contribution in [-0.2, 0) is 9.59 Å². The van der Waals surface area contributed by atoms with Crippen molar-refractivity contribution < 1.29 is 9.59 Å². The van der Waals surface area contributed by atoms with Gasteiger partial charge in [0.15, 0.2) is 0 Å². The van der Waals surface area contributed by atoms with Crippen molar-refractivity contribution in [3.63, 3.8) is 0 Å². The van der Waals surface area contributed by atoms with Crippen LogP contribution in [0.3, 0.4) is 0 Å². The number of likely N-dealkylation sites (N-methyl/N-ethyl adjacent to an activating group) is 1. The van der Waals surface area contributed by atoms with E-state index in [1.54, 1.807) is 6.92 Å². The molecule has 76 valence electrons. The van der Waals surface area contributed by atoms with Crippen LogP contribution in [0.2, 0.25) is 0 Å². The number of hydrogen-bond donors (Lipinski definition) is 2. The van der Waals surface area contributed by atoms with Crippen molar-refractivity contribution in [2.75, 3.05) is 13.1 Å². The van der Waals surface area contributed by atoms with E-state index < -0.39 is 11.8 Å². The van der Waals surface area contributed by atoms with E-state index in [1.165, 1.54) is 0 Å².